The Morgan fingerprint density at radius 1 is 1.08 bits per heavy atom. The van der Waals surface area contributed by atoms with Crippen LogP contribution < -0.4 is 15.4 Å². The summed E-state index contributed by atoms with van der Waals surface area (Å²) in [5.74, 6) is -1.94. The fraction of sp³-hybridized carbons (Fsp3) is 0.778. The maximum absolute atomic E-state index is 13.6. The van der Waals surface area contributed by atoms with Crippen LogP contribution in [-0.2, 0) is 29.2 Å². The summed E-state index contributed by atoms with van der Waals surface area (Å²) in [6, 6.07) is -1.49. The van der Waals surface area contributed by atoms with Crippen LogP contribution in [0.4, 0.5) is 0 Å². The molecule has 4 aliphatic rings. The highest BCUT2D eigenvalue weighted by molar-refractivity contribution is 7.91. The van der Waals surface area contributed by atoms with E-state index in [-0.39, 0.29) is 29.6 Å². The highest BCUT2D eigenvalue weighted by Gasteiger charge is 2.61. The van der Waals surface area contributed by atoms with Crippen molar-refractivity contribution >= 4 is 33.7 Å². The Labute approximate surface area is 225 Å². The first kappa shape index (κ1) is 28.6. The lowest BCUT2D eigenvalue weighted by atomic mass is 9.91. The van der Waals surface area contributed by atoms with Crippen molar-refractivity contribution in [3.8, 4) is 0 Å². The molecule has 0 spiro atoms. The highest BCUT2D eigenvalue weighted by Crippen LogP contribution is 2.46. The topological polar surface area (TPSA) is 142 Å². The SMILES string of the molecule is CC(C)(C)CC(=O)N[C@H]1CCCCCC=C[C@@H]2C[C@@]2(C(=O)NS(=O)(=O)C2CC2)NC(=O)[C@@H]2CCCN2C1=O. The summed E-state index contributed by atoms with van der Waals surface area (Å²) in [5, 5.41) is 5.22. The van der Waals surface area contributed by atoms with Crippen LogP contribution in [-0.4, -0.2) is 66.4 Å². The minimum absolute atomic E-state index is 0.190. The van der Waals surface area contributed by atoms with Gasteiger partial charge in [0.2, 0.25) is 27.7 Å². The first-order chi connectivity index (χ1) is 17.8. The molecule has 2 heterocycles. The highest BCUT2D eigenvalue weighted by atomic mass is 32.2. The average Bonchev–Trinajstić information content (AvgIpc) is 3.72. The second-order valence-electron chi connectivity index (χ2n) is 12.6. The van der Waals surface area contributed by atoms with Gasteiger partial charge in [0.05, 0.1) is 5.25 Å². The van der Waals surface area contributed by atoms with E-state index in [2.05, 4.69) is 15.4 Å². The van der Waals surface area contributed by atoms with Crippen LogP contribution in [0.25, 0.3) is 0 Å². The second kappa shape index (κ2) is 11.0. The van der Waals surface area contributed by atoms with Crippen LogP contribution in [0, 0.1) is 11.3 Å². The zero-order valence-corrected chi connectivity index (χ0v) is 23.6. The van der Waals surface area contributed by atoms with E-state index in [4.69, 9.17) is 0 Å². The normalized spacial score (nSPS) is 30.8. The van der Waals surface area contributed by atoms with E-state index in [0.717, 1.165) is 25.7 Å². The van der Waals surface area contributed by atoms with Gasteiger partial charge >= 0.3 is 0 Å². The molecular weight excluding hydrogens is 508 g/mol. The number of fused-ring (bicyclic) bond motifs is 2. The molecule has 4 amide bonds. The van der Waals surface area contributed by atoms with Crippen molar-refractivity contribution < 1.29 is 27.6 Å². The predicted molar refractivity (Wildman–Crippen MR) is 142 cm³/mol. The van der Waals surface area contributed by atoms with Crippen molar-refractivity contribution in [2.24, 2.45) is 11.3 Å². The summed E-state index contributed by atoms with van der Waals surface area (Å²) in [7, 11) is -3.77. The number of carbonyl (C=O) groups is 4. The van der Waals surface area contributed by atoms with Crippen LogP contribution in [0.5, 0.6) is 0 Å². The Hall–Kier alpha value is -2.43. The van der Waals surface area contributed by atoms with E-state index in [1.165, 1.54) is 4.90 Å². The standard InChI is InChI=1S/C27H42N4O6S/c1-26(2,3)17-22(32)28-20-11-8-6-4-5-7-10-18-16-27(18,25(35)30-38(36,37)19-13-14-19)29-23(33)21-12-9-15-31(21)24(20)34/h7,10,18-21H,4-6,8-9,11-17H2,1-3H3,(H,28,32)(H,29,33)(H,30,35)/t18-,20+,21+,27-/m1/s1. The molecule has 38 heavy (non-hydrogen) atoms. The molecule has 3 N–H and O–H groups in total. The predicted octanol–water partition coefficient (Wildman–Crippen LogP) is 1.90. The van der Waals surface area contributed by atoms with Gasteiger partial charge < -0.3 is 15.5 Å². The van der Waals surface area contributed by atoms with Gasteiger partial charge in [0, 0.05) is 18.9 Å². The Morgan fingerprint density at radius 3 is 2.50 bits per heavy atom. The van der Waals surface area contributed by atoms with Crippen molar-refractivity contribution in [2.75, 3.05) is 6.54 Å². The number of rotatable bonds is 5. The Balaban J connectivity index is 1.54. The molecule has 0 unspecified atom stereocenters. The smallest absolute Gasteiger partial charge is 0.259 e. The lowest BCUT2D eigenvalue weighted by molar-refractivity contribution is -0.142. The van der Waals surface area contributed by atoms with E-state index in [1.807, 2.05) is 32.9 Å². The van der Waals surface area contributed by atoms with Gasteiger partial charge in [-0.3, -0.25) is 23.9 Å². The van der Waals surface area contributed by atoms with Gasteiger partial charge in [0.1, 0.15) is 17.6 Å². The Morgan fingerprint density at radius 2 is 1.82 bits per heavy atom. The van der Waals surface area contributed by atoms with Crippen molar-refractivity contribution in [3.63, 3.8) is 0 Å². The summed E-state index contributed by atoms with van der Waals surface area (Å²) >= 11 is 0. The van der Waals surface area contributed by atoms with Gasteiger partial charge in [0.25, 0.3) is 5.91 Å². The number of carbonyl (C=O) groups excluding carboxylic acids is 4. The van der Waals surface area contributed by atoms with E-state index >= 15 is 0 Å². The maximum atomic E-state index is 13.6. The van der Waals surface area contributed by atoms with Crippen LogP contribution in [0.2, 0.25) is 0 Å². The molecule has 4 rings (SSSR count). The zero-order chi connectivity index (χ0) is 27.7. The van der Waals surface area contributed by atoms with Crippen LogP contribution >= 0.6 is 0 Å². The molecule has 0 radical (unpaired) electrons. The number of nitrogens with zero attached hydrogens (tertiary/aromatic N) is 1. The fourth-order valence-corrected chi connectivity index (χ4v) is 6.87. The Bertz CT molecular complexity index is 1090. The molecule has 0 bridgehead atoms. The molecule has 1 saturated heterocycles. The monoisotopic (exact) mass is 550 g/mol. The van der Waals surface area contributed by atoms with Crippen LogP contribution in [0.15, 0.2) is 12.2 Å². The third-order valence-corrected chi connectivity index (χ3v) is 9.68. The van der Waals surface area contributed by atoms with Crippen molar-refractivity contribution in [2.45, 2.75) is 114 Å². The van der Waals surface area contributed by atoms with E-state index in [1.54, 1.807) is 0 Å². The number of sulfonamides is 1. The maximum Gasteiger partial charge on any atom is 0.259 e. The molecule has 0 aromatic rings. The molecule has 2 aliphatic heterocycles. The van der Waals surface area contributed by atoms with Gasteiger partial charge in [-0.25, -0.2) is 8.42 Å². The van der Waals surface area contributed by atoms with E-state index in [0.29, 0.717) is 45.1 Å². The molecular formula is C27H42N4O6S. The number of nitrogens with one attached hydrogen (secondary N) is 3. The van der Waals surface area contributed by atoms with Gasteiger partial charge in [-0.15, -0.1) is 0 Å². The van der Waals surface area contributed by atoms with Crippen molar-refractivity contribution in [3.05, 3.63) is 12.2 Å². The van der Waals surface area contributed by atoms with Gasteiger partial charge in [0.15, 0.2) is 0 Å². The van der Waals surface area contributed by atoms with Crippen molar-refractivity contribution in [1.82, 2.24) is 20.3 Å². The van der Waals surface area contributed by atoms with E-state index in [9.17, 15) is 27.6 Å². The first-order valence-electron chi connectivity index (χ1n) is 14.0. The molecule has 2 aliphatic carbocycles. The quantitative estimate of drug-likeness (QED) is 0.447. The summed E-state index contributed by atoms with van der Waals surface area (Å²) in [5.41, 5.74) is -1.56. The average molecular weight is 551 g/mol. The summed E-state index contributed by atoms with van der Waals surface area (Å²) in [6.45, 7) is 6.28. The molecule has 3 fully saturated rings. The molecule has 2 saturated carbocycles. The molecule has 11 heteroatoms. The van der Waals surface area contributed by atoms with Gasteiger partial charge in [-0.2, -0.15) is 0 Å². The zero-order valence-electron chi connectivity index (χ0n) is 22.8. The van der Waals surface area contributed by atoms with Gasteiger partial charge in [-0.05, 0) is 56.8 Å². The van der Waals surface area contributed by atoms with Crippen LogP contribution in [0.3, 0.4) is 0 Å². The number of allylic oxidation sites excluding steroid dienone is 1. The van der Waals surface area contributed by atoms with E-state index < -0.39 is 44.7 Å². The minimum atomic E-state index is -3.77. The lowest BCUT2D eigenvalue weighted by Gasteiger charge is -2.30. The number of hydrogen-bond acceptors (Lipinski definition) is 6. The third kappa shape index (κ3) is 6.76. The molecule has 212 valence electrons. The van der Waals surface area contributed by atoms with Gasteiger partial charge in [-0.1, -0.05) is 45.8 Å². The number of hydrogen-bond donors (Lipinski definition) is 3. The molecule has 0 aromatic heterocycles. The summed E-state index contributed by atoms with van der Waals surface area (Å²) < 4.78 is 27.2. The van der Waals surface area contributed by atoms with Crippen molar-refractivity contribution in [1.29, 1.82) is 0 Å². The molecule has 4 atom stereocenters. The molecule has 10 nitrogen and oxygen atoms in total. The lowest BCUT2D eigenvalue weighted by Crippen LogP contribution is -2.58. The van der Waals surface area contributed by atoms with Crippen LogP contribution in [0.1, 0.15) is 91.4 Å². The minimum Gasteiger partial charge on any atom is -0.344 e. The molecule has 0 aromatic carbocycles. The fourth-order valence-electron chi connectivity index (χ4n) is 5.50. The summed E-state index contributed by atoms with van der Waals surface area (Å²) in [6.07, 6.45) is 10.4. The Kier molecular flexibility index (Phi) is 8.26. The summed E-state index contributed by atoms with van der Waals surface area (Å²) in [4.78, 5) is 54.6. The third-order valence-electron chi connectivity index (χ3n) is 7.86. The second-order valence-corrected chi connectivity index (χ2v) is 14.5. The number of amides is 4. The first-order valence-corrected chi connectivity index (χ1v) is 15.5. The largest absolute Gasteiger partial charge is 0.344 e.